The SMILES string of the molecule is Cc1cc(C(C)(C)C)cc(C)c1CC(O)C1=CCCO1. The standard InChI is InChI=1S/C18H26O2/c1-12-9-14(18(3,4)5)10-13(2)15(12)11-16(19)17-7-6-8-20-17/h7,9-10,16,19H,6,8,11H2,1-5H3. The molecule has 1 unspecified atom stereocenters. The first-order valence-electron chi connectivity index (χ1n) is 7.40. The van der Waals surface area contributed by atoms with Gasteiger partial charge in [0, 0.05) is 12.8 Å². The fourth-order valence-electron chi connectivity index (χ4n) is 2.71. The van der Waals surface area contributed by atoms with Gasteiger partial charge in [0.15, 0.2) is 0 Å². The van der Waals surface area contributed by atoms with Crippen LogP contribution in [0.2, 0.25) is 0 Å². The van der Waals surface area contributed by atoms with Gasteiger partial charge in [0.25, 0.3) is 0 Å². The minimum Gasteiger partial charge on any atom is -0.495 e. The summed E-state index contributed by atoms with van der Waals surface area (Å²) in [5.74, 6) is 0.740. The molecule has 0 amide bonds. The molecule has 2 nitrogen and oxygen atoms in total. The van der Waals surface area contributed by atoms with Crippen LogP contribution < -0.4 is 0 Å². The van der Waals surface area contributed by atoms with Gasteiger partial charge in [-0.25, -0.2) is 0 Å². The molecule has 0 bridgehead atoms. The molecule has 0 aromatic heterocycles. The van der Waals surface area contributed by atoms with Crippen molar-refractivity contribution >= 4 is 0 Å². The van der Waals surface area contributed by atoms with Crippen molar-refractivity contribution in [3.63, 3.8) is 0 Å². The summed E-state index contributed by atoms with van der Waals surface area (Å²) in [7, 11) is 0. The fraction of sp³-hybridized carbons (Fsp3) is 0.556. The Morgan fingerprint density at radius 1 is 1.20 bits per heavy atom. The maximum Gasteiger partial charge on any atom is 0.121 e. The van der Waals surface area contributed by atoms with Gasteiger partial charge in [-0.1, -0.05) is 32.9 Å². The monoisotopic (exact) mass is 274 g/mol. The number of ether oxygens (including phenoxy) is 1. The molecule has 2 rings (SSSR count). The van der Waals surface area contributed by atoms with E-state index in [-0.39, 0.29) is 5.41 Å². The molecule has 110 valence electrons. The summed E-state index contributed by atoms with van der Waals surface area (Å²) in [4.78, 5) is 0. The van der Waals surface area contributed by atoms with Crippen LogP contribution in [0.3, 0.4) is 0 Å². The van der Waals surface area contributed by atoms with Crippen LogP contribution >= 0.6 is 0 Å². The molecule has 1 heterocycles. The molecule has 2 heteroatoms. The van der Waals surface area contributed by atoms with E-state index < -0.39 is 6.10 Å². The first kappa shape index (κ1) is 15.1. The van der Waals surface area contributed by atoms with Crippen molar-refractivity contribution in [3.8, 4) is 0 Å². The van der Waals surface area contributed by atoms with Crippen LogP contribution in [0.25, 0.3) is 0 Å². The van der Waals surface area contributed by atoms with Crippen molar-refractivity contribution in [1.82, 2.24) is 0 Å². The molecule has 1 atom stereocenters. The second kappa shape index (κ2) is 5.61. The van der Waals surface area contributed by atoms with E-state index in [1.54, 1.807) is 0 Å². The molecule has 0 aliphatic carbocycles. The van der Waals surface area contributed by atoms with Crippen LogP contribution in [0.5, 0.6) is 0 Å². The number of aliphatic hydroxyl groups is 1. The van der Waals surface area contributed by atoms with Crippen LogP contribution in [-0.4, -0.2) is 17.8 Å². The van der Waals surface area contributed by atoms with Crippen LogP contribution in [-0.2, 0) is 16.6 Å². The third-order valence-electron chi connectivity index (χ3n) is 4.02. The van der Waals surface area contributed by atoms with E-state index in [9.17, 15) is 5.11 Å². The summed E-state index contributed by atoms with van der Waals surface area (Å²) < 4.78 is 5.46. The summed E-state index contributed by atoms with van der Waals surface area (Å²) in [6.07, 6.45) is 3.02. The molecule has 1 aromatic carbocycles. The minimum atomic E-state index is -0.518. The molecule has 1 aromatic rings. The lowest BCUT2D eigenvalue weighted by molar-refractivity contribution is 0.118. The number of rotatable bonds is 3. The predicted octanol–water partition coefficient (Wildman–Crippen LogP) is 3.81. The van der Waals surface area contributed by atoms with E-state index in [4.69, 9.17) is 4.74 Å². The van der Waals surface area contributed by atoms with Gasteiger partial charge < -0.3 is 9.84 Å². The van der Waals surface area contributed by atoms with Crippen molar-refractivity contribution in [2.75, 3.05) is 6.61 Å². The molecular weight excluding hydrogens is 248 g/mol. The third-order valence-corrected chi connectivity index (χ3v) is 4.02. The molecule has 0 spiro atoms. The zero-order valence-electron chi connectivity index (χ0n) is 13.3. The quantitative estimate of drug-likeness (QED) is 0.908. The van der Waals surface area contributed by atoms with E-state index >= 15 is 0 Å². The fourth-order valence-corrected chi connectivity index (χ4v) is 2.71. The van der Waals surface area contributed by atoms with Gasteiger partial charge in [-0.15, -0.1) is 0 Å². The first-order valence-corrected chi connectivity index (χ1v) is 7.40. The van der Waals surface area contributed by atoms with Crippen molar-refractivity contribution in [1.29, 1.82) is 0 Å². The zero-order chi connectivity index (χ0) is 14.9. The highest BCUT2D eigenvalue weighted by atomic mass is 16.5. The maximum atomic E-state index is 10.3. The molecule has 1 aliphatic heterocycles. The number of benzene rings is 1. The molecule has 0 saturated carbocycles. The Bertz CT molecular complexity index is 498. The van der Waals surface area contributed by atoms with E-state index in [0.29, 0.717) is 13.0 Å². The lowest BCUT2D eigenvalue weighted by atomic mass is 9.83. The second-order valence-electron chi connectivity index (χ2n) is 6.80. The Balaban J connectivity index is 2.24. The van der Waals surface area contributed by atoms with Crippen molar-refractivity contribution in [3.05, 3.63) is 46.2 Å². The topological polar surface area (TPSA) is 29.5 Å². The van der Waals surface area contributed by atoms with Crippen LogP contribution in [0.1, 0.15) is 49.4 Å². The average Bonchev–Trinajstić information content (AvgIpc) is 2.85. The molecule has 0 fully saturated rings. The third kappa shape index (κ3) is 3.24. The van der Waals surface area contributed by atoms with Crippen LogP contribution in [0.15, 0.2) is 24.0 Å². The van der Waals surface area contributed by atoms with Gasteiger partial charge in [0.2, 0.25) is 0 Å². The van der Waals surface area contributed by atoms with E-state index in [2.05, 4.69) is 46.8 Å². The van der Waals surface area contributed by atoms with Crippen molar-refractivity contribution in [2.24, 2.45) is 0 Å². The Hall–Kier alpha value is -1.28. The van der Waals surface area contributed by atoms with Gasteiger partial charge in [-0.3, -0.25) is 0 Å². The lowest BCUT2D eigenvalue weighted by Crippen LogP contribution is -2.17. The number of aliphatic hydroxyl groups excluding tert-OH is 1. The van der Waals surface area contributed by atoms with Gasteiger partial charge in [0.05, 0.1) is 6.61 Å². The molecule has 0 saturated heterocycles. The smallest absolute Gasteiger partial charge is 0.121 e. The largest absolute Gasteiger partial charge is 0.495 e. The number of hydrogen-bond donors (Lipinski definition) is 1. The Morgan fingerprint density at radius 2 is 1.80 bits per heavy atom. The molecular formula is C18H26O2. The molecule has 1 aliphatic rings. The van der Waals surface area contributed by atoms with Crippen molar-refractivity contribution in [2.45, 2.75) is 59.0 Å². The summed E-state index contributed by atoms with van der Waals surface area (Å²) in [6.45, 7) is 11.7. The Kier molecular flexibility index (Phi) is 4.24. The summed E-state index contributed by atoms with van der Waals surface area (Å²) in [5, 5.41) is 10.3. The number of aryl methyl sites for hydroxylation is 2. The minimum absolute atomic E-state index is 0.157. The number of hydrogen-bond acceptors (Lipinski definition) is 2. The maximum absolute atomic E-state index is 10.3. The summed E-state index contributed by atoms with van der Waals surface area (Å²) in [6, 6.07) is 4.50. The molecule has 1 N–H and O–H groups in total. The van der Waals surface area contributed by atoms with E-state index in [1.807, 2.05) is 6.08 Å². The highest BCUT2D eigenvalue weighted by molar-refractivity contribution is 5.41. The van der Waals surface area contributed by atoms with Crippen molar-refractivity contribution < 1.29 is 9.84 Å². The average molecular weight is 274 g/mol. The highest BCUT2D eigenvalue weighted by Crippen LogP contribution is 2.28. The van der Waals surface area contributed by atoms with E-state index in [0.717, 1.165) is 12.2 Å². The van der Waals surface area contributed by atoms with Gasteiger partial charge >= 0.3 is 0 Å². The van der Waals surface area contributed by atoms with Gasteiger partial charge in [0.1, 0.15) is 11.9 Å². The summed E-state index contributed by atoms with van der Waals surface area (Å²) >= 11 is 0. The predicted molar refractivity (Wildman–Crippen MR) is 83.0 cm³/mol. The Labute approximate surface area is 122 Å². The van der Waals surface area contributed by atoms with E-state index in [1.165, 1.54) is 22.3 Å². The Morgan fingerprint density at radius 3 is 2.25 bits per heavy atom. The normalized spacial score (nSPS) is 16.8. The van der Waals surface area contributed by atoms with Crippen LogP contribution in [0.4, 0.5) is 0 Å². The van der Waals surface area contributed by atoms with Gasteiger partial charge in [-0.2, -0.15) is 0 Å². The molecule has 0 radical (unpaired) electrons. The van der Waals surface area contributed by atoms with Gasteiger partial charge in [-0.05, 0) is 47.6 Å². The summed E-state index contributed by atoms with van der Waals surface area (Å²) in [5.41, 5.74) is 5.26. The lowest BCUT2D eigenvalue weighted by Gasteiger charge is -2.23. The second-order valence-corrected chi connectivity index (χ2v) is 6.80. The first-order chi connectivity index (χ1) is 9.29. The zero-order valence-corrected chi connectivity index (χ0v) is 13.3. The highest BCUT2D eigenvalue weighted by Gasteiger charge is 2.20. The van der Waals surface area contributed by atoms with Crippen LogP contribution in [0, 0.1) is 13.8 Å². The molecule has 20 heavy (non-hydrogen) atoms.